The van der Waals surface area contributed by atoms with Gasteiger partial charge in [0.25, 0.3) is 0 Å². The molecule has 2 heterocycles. The summed E-state index contributed by atoms with van der Waals surface area (Å²) < 4.78 is 18.7. The quantitative estimate of drug-likeness (QED) is 0.191. The fourth-order valence-electron chi connectivity index (χ4n) is 3.86. The van der Waals surface area contributed by atoms with Crippen LogP contribution in [0.25, 0.3) is 22.6 Å². The largest absolute Gasteiger partial charge is 0.356 e. The Kier molecular flexibility index (Phi) is 6.60. The van der Waals surface area contributed by atoms with Gasteiger partial charge in [-0.15, -0.1) is 0 Å². The van der Waals surface area contributed by atoms with Crippen LogP contribution in [0.3, 0.4) is 0 Å². The topological polar surface area (TPSA) is 101 Å². The summed E-state index contributed by atoms with van der Waals surface area (Å²) in [7, 11) is 0. The van der Waals surface area contributed by atoms with E-state index >= 15 is 0 Å². The van der Waals surface area contributed by atoms with Crippen molar-refractivity contribution in [3.05, 3.63) is 121 Å². The van der Waals surface area contributed by atoms with Crippen LogP contribution in [0, 0.1) is 5.82 Å². The number of halogens is 1. The molecule has 0 radical (unpaired) electrons. The molecule has 0 aliphatic heterocycles. The van der Waals surface area contributed by atoms with Gasteiger partial charge in [-0.3, -0.25) is 0 Å². The first kappa shape index (κ1) is 23.8. The third kappa shape index (κ3) is 5.89. The zero-order valence-electron chi connectivity index (χ0n) is 20.5. The Morgan fingerprint density at radius 3 is 1.49 bits per heavy atom. The predicted octanol–water partition coefficient (Wildman–Crippen LogP) is 7.56. The molecule has 0 amide bonds. The summed E-state index contributed by atoms with van der Waals surface area (Å²) >= 11 is 0. The van der Waals surface area contributed by atoms with Crippen LogP contribution >= 0.6 is 0 Å². The molecule has 0 aliphatic carbocycles. The van der Waals surface area contributed by atoms with Crippen LogP contribution < -0.4 is 16.0 Å². The highest BCUT2D eigenvalue weighted by molar-refractivity contribution is 5.69. The van der Waals surface area contributed by atoms with Gasteiger partial charge in [0.2, 0.25) is 17.8 Å². The number of hydrogen-bond acceptors (Lipinski definition) is 8. The van der Waals surface area contributed by atoms with Crippen LogP contribution in [-0.2, 0) is 0 Å². The molecular weight excluding hydrogens is 493 g/mol. The number of para-hydroxylation sites is 2. The van der Waals surface area contributed by atoms with Crippen molar-refractivity contribution in [1.29, 1.82) is 0 Å². The Labute approximate surface area is 223 Å². The van der Waals surface area contributed by atoms with Crippen LogP contribution in [0.5, 0.6) is 0 Å². The summed E-state index contributed by atoms with van der Waals surface area (Å²) in [5.41, 5.74) is 4.79. The Morgan fingerprint density at radius 1 is 0.513 bits per heavy atom. The van der Waals surface area contributed by atoms with Crippen molar-refractivity contribution in [2.24, 2.45) is 0 Å². The van der Waals surface area contributed by atoms with E-state index in [0.29, 0.717) is 29.3 Å². The van der Waals surface area contributed by atoms with Gasteiger partial charge in [-0.05, 0) is 60.7 Å². The molecule has 0 fully saturated rings. The van der Waals surface area contributed by atoms with Gasteiger partial charge in [0.15, 0.2) is 5.76 Å². The maximum Gasteiger partial charge on any atom is 0.233 e. The van der Waals surface area contributed by atoms with Gasteiger partial charge in [-0.1, -0.05) is 53.7 Å². The van der Waals surface area contributed by atoms with E-state index in [1.54, 1.807) is 12.1 Å². The smallest absolute Gasteiger partial charge is 0.233 e. The van der Waals surface area contributed by atoms with Crippen LogP contribution in [0.2, 0.25) is 0 Å². The summed E-state index contributed by atoms with van der Waals surface area (Å²) in [6.45, 7) is 0. The van der Waals surface area contributed by atoms with Gasteiger partial charge in [0.1, 0.15) is 11.5 Å². The van der Waals surface area contributed by atoms with Gasteiger partial charge in [-0.25, -0.2) is 4.39 Å². The number of rotatable bonds is 8. The molecule has 2 aromatic heterocycles. The number of hydrogen-bond donors (Lipinski definition) is 3. The second-order valence-corrected chi connectivity index (χ2v) is 8.57. The molecule has 6 rings (SSSR count). The van der Waals surface area contributed by atoms with E-state index in [1.807, 2.05) is 91.0 Å². The van der Waals surface area contributed by atoms with E-state index < -0.39 is 0 Å². The van der Waals surface area contributed by atoms with Crippen LogP contribution in [0.1, 0.15) is 0 Å². The zero-order chi connectivity index (χ0) is 26.4. The van der Waals surface area contributed by atoms with Crippen molar-refractivity contribution < 1.29 is 8.91 Å². The van der Waals surface area contributed by atoms with Crippen molar-refractivity contribution in [1.82, 2.24) is 20.1 Å². The third-order valence-electron chi connectivity index (χ3n) is 5.77. The van der Waals surface area contributed by atoms with Gasteiger partial charge in [0, 0.05) is 34.3 Å². The molecule has 0 saturated carbocycles. The van der Waals surface area contributed by atoms with E-state index in [2.05, 4.69) is 36.1 Å². The van der Waals surface area contributed by atoms with E-state index in [0.717, 1.165) is 28.2 Å². The molecule has 6 aromatic rings. The molecular formula is C30H22FN7O. The van der Waals surface area contributed by atoms with Crippen molar-refractivity contribution >= 4 is 34.9 Å². The molecule has 9 heteroatoms. The second-order valence-electron chi connectivity index (χ2n) is 8.57. The minimum Gasteiger partial charge on any atom is -0.356 e. The first-order chi connectivity index (χ1) is 19.2. The average Bonchev–Trinajstić information content (AvgIpc) is 3.45. The molecule has 0 atom stereocenters. The summed E-state index contributed by atoms with van der Waals surface area (Å²) in [4.78, 5) is 13.6. The van der Waals surface area contributed by atoms with E-state index in [9.17, 15) is 4.39 Å². The Balaban J connectivity index is 1.22. The fourth-order valence-corrected chi connectivity index (χ4v) is 3.86. The molecule has 39 heavy (non-hydrogen) atoms. The number of nitrogens with zero attached hydrogens (tertiary/aromatic N) is 4. The first-order valence-corrected chi connectivity index (χ1v) is 12.2. The van der Waals surface area contributed by atoms with E-state index in [4.69, 9.17) is 4.52 Å². The van der Waals surface area contributed by atoms with Gasteiger partial charge in [-0.2, -0.15) is 15.0 Å². The molecule has 0 bridgehead atoms. The monoisotopic (exact) mass is 515 g/mol. The average molecular weight is 516 g/mol. The highest BCUT2D eigenvalue weighted by atomic mass is 19.1. The zero-order valence-corrected chi connectivity index (χ0v) is 20.5. The minimum atomic E-state index is -0.300. The van der Waals surface area contributed by atoms with Crippen molar-refractivity contribution in [2.45, 2.75) is 0 Å². The van der Waals surface area contributed by atoms with Crippen molar-refractivity contribution in [3.63, 3.8) is 0 Å². The molecule has 0 saturated heterocycles. The van der Waals surface area contributed by atoms with Crippen LogP contribution in [-0.4, -0.2) is 20.1 Å². The SMILES string of the molecule is Fc1ccc(-c2cc(-c3ccc(Nc4nc(Nc5ccccc5)nc(Nc5ccccc5)n4)cc3)no2)cc1. The standard InChI is InChI=1S/C30H22FN7O/c31-22-15-11-21(12-16-22)27-19-26(38-39-27)20-13-17-25(18-14-20)34-30-36-28(32-23-7-3-1-4-8-23)35-29(37-30)33-24-9-5-2-6-10-24/h1-19H,(H3,32,33,34,35,36,37). The second kappa shape index (κ2) is 10.8. The summed E-state index contributed by atoms with van der Waals surface area (Å²) in [5, 5.41) is 13.9. The lowest BCUT2D eigenvalue weighted by atomic mass is 10.1. The maximum atomic E-state index is 13.2. The molecule has 0 spiro atoms. The maximum absolute atomic E-state index is 13.2. The van der Waals surface area contributed by atoms with Crippen molar-refractivity contribution in [2.75, 3.05) is 16.0 Å². The lowest BCUT2D eigenvalue weighted by molar-refractivity contribution is 0.435. The minimum absolute atomic E-state index is 0.300. The highest BCUT2D eigenvalue weighted by Crippen LogP contribution is 2.28. The molecule has 190 valence electrons. The third-order valence-corrected chi connectivity index (χ3v) is 5.77. The molecule has 8 nitrogen and oxygen atoms in total. The molecule has 0 unspecified atom stereocenters. The number of aromatic nitrogens is 4. The Morgan fingerprint density at radius 2 is 0.974 bits per heavy atom. The van der Waals surface area contributed by atoms with E-state index in [-0.39, 0.29) is 5.82 Å². The van der Waals surface area contributed by atoms with E-state index in [1.165, 1.54) is 12.1 Å². The lowest BCUT2D eigenvalue weighted by Gasteiger charge is -2.11. The number of anilines is 6. The molecule has 0 aliphatic rings. The summed E-state index contributed by atoms with van der Waals surface area (Å²) in [5.74, 6) is 1.42. The predicted molar refractivity (Wildman–Crippen MR) is 150 cm³/mol. The summed E-state index contributed by atoms with van der Waals surface area (Å²) in [6.07, 6.45) is 0. The van der Waals surface area contributed by atoms with Crippen LogP contribution in [0.15, 0.2) is 120 Å². The molecule has 3 N–H and O–H groups in total. The number of benzene rings is 4. The summed E-state index contributed by atoms with van der Waals surface area (Å²) in [6, 6.07) is 34.9. The van der Waals surface area contributed by atoms with Gasteiger partial charge >= 0.3 is 0 Å². The van der Waals surface area contributed by atoms with Crippen LogP contribution in [0.4, 0.5) is 39.3 Å². The first-order valence-electron chi connectivity index (χ1n) is 12.2. The lowest BCUT2D eigenvalue weighted by Crippen LogP contribution is -2.07. The highest BCUT2D eigenvalue weighted by Gasteiger charge is 2.11. The van der Waals surface area contributed by atoms with Crippen molar-refractivity contribution in [3.8, 4) is 22.6 Å². The fraction of sp³-hybridized carbons (Fsp3) is 0. The molecule has 4 aromatic carbocycles. The number of nitrogens with one attached hydrogen (secondary N) is 3. The van der Waals surface area contributed by atoms with Gasteiger partial charge in [0.05, 0.1) is 0 Å². The Hall–Kier alpha value is -5.57. The van der Waals surface area contributed by atoms with Gasteiger partial charge < -0.3 is 20.5 Å². The Bertz CT molecular complexity index is 1610. The normalized spacial score (nSPS) is 10.7.